The lowest BCUT2D eigenvalue weighted by Crippen LogP contribution is -2.48. The van der Waals surface area contributed by atoms with E-state index in [0.717, 1.165) is 22.3 Å². The van der Waals surface area contributed by atoms with Crippen LogP contribution in [0.25, 0.3) is 11.1 Å². The normalized spacial score (nSPS) is 13.0. The fourth-order valence-electron chi connectivity index (χ4n) is 3.94. The Morgan fingerprint density at radius 2 is 1.73 bits per heavy atom. The molecule has 1 unspecified atom stereocenters. The topological polar surface area (TPSA) is 135 Å². The van der Waals surface area contributed by atoms with Crippen molar-refractivity contribution in [2.75, 3.05) is 6.61 Å². The largest absolute Gasteiger partial charge is 0.481 e. The molecule has 33 heavy (non-hydrogen) atoms. The van der Waals surface area contributed by atoms with E-state index in [1.54, 1.807) is 13.2 Å². The molecule has 0 spiro atoms. The second-order valence-corrected chi connectivity index (χ2v) is 7.72. The number of hydrogen-bond donors (Lipinski definition) is 3. The quantitative estimate of drug-likeness (QED) is 0.477. The monoisotopic (exact) mass is 449 g/mol. The maximum atomic E-state index is 12.5. The molecule has 2 aromatic carbocycles. The minimum absolute atomic E-state index is 0.0508. The highest BCUT2D eigenvalue weighted by molar-refractivity contribution is 5.89. The van der Waals surface area contributed by atoms with Crippen molar-refractivity contribution in [1.29, 1.82) is 0 Å². The summed E-state index contributed by atoms with van der Waals surface area (Å²) in [5.74, 6) is -2.03. The average Bonchev–Trinajstić information content (AvgIpc) is 3.36. The molecule has 1 atom stereocenters. The van der Waals surface area contributed by atoms with E-state index in [-0.39, 0.29) is 19.1 Å². The van der Waals surface area contributed by atoms with Gasteiger partial charge in [0.25, 0.3) is 0 Å². The number of nitrogens with one attached hydrogen (secondary N) is 2. The molecule has 0 aliphatic heterocycles. The number of carboxylic acid groups (broad SMARTS) is 1. The standard InChI is InChI=1S/C23H23N5O5/c1-28-12-14(26-27-28)11-24-22(31)20(10-21(29)30)25-23(32)33-13-19-17-8-4-2-6-15(17)16-7-3-5-9-18(16)19/h2-9,12,19-20H,10-11,13H2,1H3,(H,24,31)(H,25,32)(H,29,30). The number of nitrogens with zero attached hydrogens (tertiary/aromatic N) is 3. The summed E-state index contributed by atoms with van der Waals surface area (Å²) in [6, 6.07) is 14.5. The summed E-state index contributed by atoms with van der Waals surface area (Å²) in [6.45, 7) is 0.107. The lowest BCUT2D eigenvalue weighted by molar-refractivity contribution is -0.139. The van der Waals surface area contributed by atoms with Crippen LogP contribution in [0.15, 0.2) is 54.7 Å². The van der Waals surface area contributed by atoms with Gasteiger partial charge in [-0.05, 0) is 22.3 Å². The fraction of sp³-hybridized carbons (Fsp3) is 0.261. The van der Waals surface area contributed by atoms with Gasteiger partial charge in [0.2, 0.25) is 5.91 Å². The number of benzene rings is 2. The number of alkyl carbamates (subject to hydrolysis) is 1. The maximum Gasteiger partial charge on any atom is 0.407 e. The van der Waals surface area contributed by atoms with Crippen molar-refractivity contribution in [3.63, 3.8) is 0 Å². The molecule has 10 nitrogen and oxygen atoms in total. The lowest BCUT2D eigenvalue weighted by atomic mass is 9.98. The molecule has 2 amide bonds. The number of ether oxygens (including phenoxy) is 1. The van der Waals surface area contributed by atoms with Crippen molar-refractivity contribution in [2.24, 2.45) is 7.05 Å². The van der Waals surface area contributed by atoms with Gasteiger partial charge in [0.15, 0.2) is 0 Å². The zero-order valence-corrected chi connectivity index (χ0v) is 17.9. The van der Waals surface area contributed by atoms with Crippen LogP contribution in [0.4, 0.5) is 4.79 Å². The molecule has 170 valence electrons. The maximum absolute atomic E-state index is 12.5. The van der Waals surface area contributed by atoms with Gasteiger partial charge in [-0.25, -0.2) is 4.79 Å². The summed E-state index contributed by atoms with van der Waals surface area (Å²) in [4.78, 5) is 36.2. The Bertz CT molecular complexity index is 1150. The van der Waals surface area contributed by atoms with Crippen molar-refractivity contribution in [3.05, 3.63) is 71.5 Å². The third-order valence-electron chi connectivity index (χ3n) is 5.42. The molecule has 3 N–H and O–H groups in total. The first-order valence-corrected chi connectivity index (χ1v) is 10.4. The van der Waals surface area contributed by atoms with Gasteiger partial charge in [0, 0.05) is 19.2 Å². The van der Waals surface area contributed by atoms with Crippen molar-refractivity contribution in [3.8, 4) is 11.1 Å². The molecule has 1 aromatic heterocycles. The van der Waals surface area contributed by atoms with Crippen molar-refractivity contribution in [1.82, 2.24) is 25.6 Å². The number of carboxylic acids is 1. The highest BCUT2D eigenvalue weighted by atomic mass is 16.5. The van der Waals surface area contributed by atoms with Crippen LogP contribution < -0.4 is 10.6 Å². The first-order valence-electron chi connectivity index (χ1n) is 10.4. The molecular weight excluding hydrogens is 426 g/mol. The molecule has 3 aromatic rings. The number of amides is 2. The van der Waals surface area contributed by atoms with E-state index in [2.05, 4.69) is 20.9 Å². The molecule has 10 heteroatoms. The van der Waals surface area contributed by atoms with Crippen molar-refractivity contribution >= 4 is 18.0 Å². The zero-order chi connectivity index (χ0) is 23.4. The van der Waals surface area contributed by atoms with Crippen LogP contribution in [-0.2, 0) is 27.9 Å². The van der Waals surface area contributed by atoms with Gasteiger partial charge in [0.1, 0.15) is 18.3 Å². The van der Waals surface area contributed by atoms with E-state index < -0.39 is 30.4 Å². The molecule has 0 bridgehead atoms. The number of hydrogen-bond acceptors (Lipinski definition) is 6. The number of rotatable bonds is 8. The molecule has 0 saturated heterocycles. The molecule has 0 saturated carbocycles. The van der Waals surface area contributed by atoms with Crippen LogP contribution in [0.2, 0.25) is 0 Å². The Morgan fingerprint density at radius 3 is 2.30 bits per heavy atom. The summed E-state index contributed by atoms with van der Waals surface area (Å²) in [5.41, 5.74) is 4.79. The highest BCUT2D eigenvalue weighted by Crippen LogP contribution is 2.44. The molecule has 0 radical (unpaired) electrons. The SMILES string of the molecule is Cn1cc(CNC(=O)C(CC(=O)O)NC(=O)OCC2c3ccccc3-c3ccccc32)nn1. The number of fused-ring (bicyclic) bond motifs is 3. The molecule has 1 aliphatic carbocycles. The molecule has 4 rings (SSSR count). The van der Waals surface area contributed by atoms with Crippen LogP contribution in [0.1, 0.15) is 29.2 Å². The first-order chi connectivity index (χ1) is 15.9. The Morgan fingerprint density at radius 1 is 1.09 bits per heavy atom. The minimum Gasteiger partial charge on any atom is -0.481 e. The first kappa shape index (κ1) is 22.0. The number of aliphatic carboxylic acids is 1. The second kappa shape index (κ2) is 9.51. The minimum atomic E-state index is -1.30. The number of aryl methyl sites for hydroxylation is 1. The predicted octanol–water partition coefficient (Wildman–Crippen LogP) is 1.81. The van der Waals surface area contributed by atoms with Crippen LogP contribution in [0, 0.1) is 0 Å². The summed E-state index contributed by atoms with van der Waals surface area (Å²) < 4.78 is 6.90. The van der Waals surface area contributed by atoms with Gasteiger partial charge in [-0.15, -0.1) is 5.10 Å². The molecule has 1 aliphatic rings. The third-order valence-corrected chi connectivity index (χ3v) is 5.42. The van der Waals surface area contributed by atoms with E-state index >= 15 is 0 Å². The lowest BCUT2D eigenvalue weighted by Gasteiger charge is -2.18. The van der Waals surface area contributed by atoms with Crippen LogP contribution in [-0.4, -0.2) is 50.7 Å². The van der Waals surface area contributed by atoms with E-state index in [9.17, 15) is 14.4 Å². The molecule has 0 fully saturated rings. The average molecular weight is 449 g/mol. The molecular formula is C23H23N5O5. The van der Waals surface area contributed by atoms with E-state index in [0.29, 0.717) is 5.69 Å². The van der Waals surface area contributed by atoms with E-state index in [1.807, 2.05) is 48.5 Å². The highest BCUT2D eigenvalue weighted by Gasteiger charge is 2.30. The van der Waals surface area contributed by atoms with Gasteiger partial charge in [-0.2, -0.15) is 0 Å². The molecule has 1 heterocycles. The van der Waals surface area contributed by atoms with Crippen LogP contribution in [0.5, 0.6) is 0 Å². The summed E-state index contributed by atoms with van der Waals surface area (Å²) in [6.07, 6.45) is 0.167. The van der Waals surface area contributed by atoms with Gasteiger partial charge < -0.3 is 20.5 Å². The zero-order valence-electron chi connectivity index (χ0n) is 17.9. The van der Waals surface area contributed by atoms with Gasteiger partial charge in [0.05, 0.1) is 13.0 Å². The third kappa shape index (κ3) is 5.00. The van der Waals surface area contributed by atoms with Gasteiger partial charge in [-0.3, -0.25) is 14.3 Å². The Hall–Kier alpha value is -4.21. The number of carbonyl (C=O) groups excluding carboxylic acids is 2. The summed E-state index contributed by atoms with van der Waals surface area (Å²) in [5, 5.41) is 21.7. The Kier molecular flexibility index (Phi) is 6.34. The number of carbonyl (C=O) groups is 3. The predicted molar refractivity (Wildman–Crippen MR) is 117 cm³/mol. The van der Waals surface area contributed by atoms with Gasteiger partial charge in [-0.1, -0.05) is 53.7 Å². The smallest absolute Gasteiger partial charge is 0.407 e. The summed E-state index contributed by atoms with van der Waals surface area (Å²) in [7, 11) is 1.68. The van der Waals surface area contributed by atoms with Crippen LogP contribution in [0.3, 0.4) is 0 Å². The fourth-order valence-corrected chi connectivity index (χ4v) is 3.94. The van der Waals surface area contributed by atoms with E-state index in [1.165, 1.54) is 4.68 Å². The Balaban J connectivity index is 1.38. The van der Waals surface area contributed by atoms with Gasteiger partial charge >= 0.3 is 12.1 Å². The van der Waals surface area contributed by atoms with Crippen LogP contribution >= 0.6 is 0 Å². The van der Waals surface area contributed by atoms with Crippen molar-refractivity contribution in [2.45, 2.75) is 24.9 Å². The van der Waals surface area contributed by atoms with Crippen molar-refractivity contribution < 1.29 is 24.2 Å². The summed E-state index contributed by atoms with van der Waals surface area (Å²) >= 11 is 0. The number of aromatic nitrogens is 3. The second-order valence-electron chi connectivity index (χ2n) is 7.72. The van der Waals surface area contributed by atoms with E-state index in [4.69, 9.17) is 9.84 Å². The Labute approximate surface area is 189 Å².